The molecule has 0 N–H and O–H groups in total. The number of anilines is 1. The van der Waals surface area contributed by atoms with Crippen LogP contribution in [0.4, 0.5) is 10.2 Å². The van der Waals surface area contributed by atoms with Gasteiger partial charge in [-0.3, -0.25) is 4.79 Å². The third kappa shape index (κ3) is 3.25. The van der Waals surface area contributed by atoms with Crippen LogP contribution in [0.15, 0.2) is 35.2 Å². The third-order valence-electron chi connectivity index (χ3n) is 5.02. The van der Waals surface area contributed by atoms with Gasteiger partial charge in [0.05, 0.1) is 10.7 Å². The van der Waals surface area contributed by atoms with E-state index in [0.29, 0.717) is 40.4 Å². The van der Waals surface area contributed by atoms with Crippen molar-refractivity contribution in [2.45, 2.75) is 25.7 Å². The van der Waals surface area contributed by atoms with E-state index in [0.717, 1.165) is 25.9 Å². The molecule has 1 aromatic heterocycles. The summed E-state index contributed by atoms with van der Waals surface area (Å²) < 4.78 is 19.7. The molecule has 1 unspecified atom stereocenters. The summed E-state index contributed by atoms with van der Waals surface area (Å²) in [6.07, 6.45) is 6.39. The maximum Gasteiger partial charge on any atom is 0.188 e. The smallest absolute Gasteiger partial charge is 0.188 e. The fourth-order valence-corrected chi connectivity index (χ4v) is 4.19. The van der Waals surface area contributed by atoms with Crippen LogP contribution >= 0.6 is 15.9 Å². The summed E-state index contributed by atoms with van der Waals surface area (Å²) in [5.74, 6) is 1.76. The summed E-state index contributed by atoms with van der Waals surface area (Å²) >= 11 is 3.31. The molecule has 2 heterocycles. The molecular weight excluding hydrogens is 389 g/mol. The Kier molecular flexibility index (Phi) is 4.19. The first-order valence-corrected chi connectivity index (χ1v) is 9.04. The largest absolute Gasteiger partial charge is 0.451 e. The highest BCUT2D eigenvalue weighted by molar-refractivity contribution is 9.10. The van der Waals surface area contributed by atoms with E-state index in [1.807, 2.05) is 0 Å². The van der Waals surface area contributed by atoms with Crippen LogP contribution < -0.4 is 9.64 Å². The van der Waals surface area contributed by atoms with Crippen molar-refractivity contribution in [3.8, 4) is 11.5 Å². The Labute approximate surface area is 153 Å². The first kappa shape index (κ1) is 16.4. The maximum absolute atomic E-state index is 13.3. The van der Waals surface area contributed by atoms with E-state index in [2.05, 4.69) is 30.8 Å². The quantitative estimate of drug-likeness (QED) is 0.768. The molecule has 1 aromatic carbocycles. The van der Waals surface area contributed by atoms with Gasteiger partial charge in [0.1, 0.15) is 23.7 Å². The van der Waals surface area contributed by atoms with Gasteiger partial charge in [0.25, 0.3) is 0 Å². The molecule has 1 saturated carbocycles. The summed E-state index contributed by atoms with van der Waals surface area (Å²) in [5.41, 5.74) is 0.0791. The molecule has 1 aliphatic heterocycles. The average molecular weight is 406 g/mol. The lowest BCUT2D eigenvalue weighted by Gasteiger charge is -2.24. The van der Waals surface area contributed by atoms with Crippen LogP contribution in [0.1, 0.15) is 25.7 Å². The molecule has 1 saturated heterocycles. The molecule has 130 valence electrons. The highest BCUT2D eigenvalue weighted by Gasteiger charge is 2.44. The third-order valence-corrected chi connectivity index (χ3v) is 5.64. The van der Waals surface area contributed by atoms with Crippen LogP contribution in [0.25, 0.3) is 0 Å². The number of ether oxygens (including phenoxy) is 1. The minimum absolute atomic E-state index is 0.0791. The topological polar surface area (TPSA) is 55.3 Å². The highest BCUT2D eigenvalue weighted by atomic mass is 79.9. The number of hydrogen-bond acceptors (Lipinski definition) is 5. The second-order valence-corrected chi connectivity index (χ2v) is 7.63. The van der Waals surface area contributed by atoms with E-state index in [1.54, 1.807) is 12.3 Å². The highest BCUT2D eigenvalue weighted by Crippen LogP contribution is 2.46. The maximum atomic E-state index is 13.3. The first-order chi connectivity index (χ1) is 12.0. The second kappa shape index (κ2) is 6.37. The molecule has 0 amide bonds. The Morgan fingerprint density at radius 3 is 2.92 bits per heavy atom. The van der Waals surface area contributed by atoms with Crippen molar-refractivity contribution in [2.24, 2.45) is 5.41 Å². The molecule has 1 atom stereocenters. The molecule has 0 radical (unpaired) electrons. The van der Waals surface area contributed by atoms with Crippen molar-refractivity contribution < 1.29 is 13.9 Å². The zero-order valence-electron chi connectivity index (χ0n) is 13.5. The molecule has 1 spiro atoms. The number of rotatable bonds is 3. The van der Waals surface area contributed by atoms with Gasteiger partial charge in [-0.1, -0.05) is 0 Å². The summed E-state index contributed by atoms with van der Waals surface area (Å²) in [7, 11) is 0. The summed E-state index contributed by atoms with van der Waals surface area (Å²) in [6, 6.07) is 4.27. The fourth-order valence-electron chi connectivity index (χ4n) is 3.76. The lowest BCUT2D eigenvalue weighted by atomic mass is 9.85. The molecule has 5 nitrogen and oxygen atoms in total. The van der Waals surface area contributed by atoms with Gasteiger partial charge in [0, 0.05) is 25.9 Å². The Morgan fingerprint density at radius 2 is 2.16 bits per heavy atom. The second-order valence-electron chi connectivity index (χ2n) is 6.77. The zero-order chi connectivity index (χ0) is 17.4. The SMILES string of the molecule is O=C1CCC2(CCN(c3ncncc3Oc3ccc(F)cc3Br)C2)C1. The number of ketones is 1. The van der Waals surface area contributed by atoms with Gasteiger partial charge >= 0.3 is 0 Å². The van der Waals surface area contributed by atoms with Crippen LogP contribution in [0, 0.1) is 11.2 Å². The van der Waals surface area contributed by atoms with Crippen molar-refractivity contribution in [1.29, 1.82) is 0 Å². The predicted octanol–water partition coefficient (Wildman–Crippen LogP) is 4.12. The normalized spacial score (nSPS) is 22.8. The monoisotopic (exact) mass is 405 g/mol. The molecular formula is C18H17BrFN3O2. The molecule has 2 aromatic rings. The van der Waals surface area contributed by atoms with Gasteiger partial charge in [0.2, 0.25) is 0 Å². The molecule has 7 heteroatoms. The Balaban J connectivity index is 1.58. The van der Waals surface area contributed by atoms with Gasteiger partial charge < -0.3 is 9.64 Å². The Hall–Kier alpha value is -2.02. The Bertz CT molecular complexity index is 832. The zero-order valence-corrected chi connectivity index (χ0v) is 15.1. The number of hydrogen-bond donors (Lipinski definition) is 0. The first-order valence-electron chi connectivity index (χ1n) is 8.24. The van der Waals surface area contributed by atoms with E-state index < -0.39 is 0 Å². The van der Waals surface area contributed by atoms with Crippen molar-refractivity contribution in [1.82, 2.24) is 9.97 Å². The van der Waals surface area contributed by atoms with Gasteiger partial charge in [-0.05, 0) is 52.4 Å². The molecule has 2 fully saturated rings. The standard InChI is InChI=1S/C18H17BrFN3O2/c19-14-7-12(20)1-2-15(14)25-16-9-21-11-22-17(16)23-6-5-18(10-23)4-3-13(24)8-18/h1-2,7,9,11H,3-6,8,10H2. The minimum atomic E-state index is -0.337. The van der Waals surface area contributed by atoms with E-state index in [1.165, 1.54) is 18.5 Å². The van der Waals surface area contributed by atoms with Gasteiger partial charge in [-0.15, -0.1) is 0 Å². The van der Waals surface area contributed by atoms with Gasteiger partial charge in [0.15, 0.2) is 11.6 Å². The van der Waals surface area contributed by atoms with Crippen molar-refractivity contribution in [2.75, 3.05) is 18.0 Å². The van der Waals surface area contributed by atoms with E-state index in [4.69, 9.17) is 4.74 Å². The summed E-state index contributed by atoms with van der Waals surface area (Å²) in [4.78, 5) is 22.3. The lowest BCUT2D eigenvalue weighted by Crippen LogP contribution is -2.26. The van der Waals surface area contributed by atoms with Crippen LogP contribution in [0.3, 0.4) is 0 Å². The summed E-state index contributed by atoms with van der Waals surface area (Å²) in [6.45, 7) is 1.64. The van der Waals surface area contributed by atoms with Crippen LogP contribution in [-0.4, -0.2) is 28.8 Å². The van der Waals surface area contributed by atoms with E-state index in [-0.39, 0.29) is 11.2 Å². The van der Waals surface area contributed by atoms with E-state index >= 15 is 0 Å². The van der Waals surface area contributed by atoms with Crippen LogP contribution in [0.5, 0.6) is 11.5 Å². The number of benzene rings is 1. The van der Waals surface area contributed by atoms with Crippen LogP contribution in [-0.2, 0) is 4.79 Å². The van der Waals surface area contributed by atoms with Crippen molar-refractivity contribution in [3.63, 3.8) is 0 Å². The lowest BCUT2D eigenvalue weighted by molar-refractivity contribution is -0.117. The van der Waals surface area contributed by atoms with Crippen molar-refractivity contribution >= 4 is 27.5 Å². The average Bonchev–Trinajstić information content (AvgIpc) is 3.17. The number of carbonyl (C=O) groups excluding carboxylic acids is 1. The molecule has 2 aliphatic rings. The van der Waals surface area contributed by atoms with Crippen molar-refractivity contribution in [3.05, 3.63) is 41.0 Å². The van der Waals surface area contributed by atoms with Crippen LogP contribution in [0.2, 0.25) is 0 Å². The summed E-state index contributed by atoms with van der Waals surface area (Å²) in [5, 5.41) is 0. The van der Waals surface area contributed by atoms with Gasteiger partial charge in [-0.2, -0.15) is 0 Å². The number of nitrogens with zero attached hydrogens (tertiary/aromatic N) is 3. The number of aromatic nitrogens is 2. The minimum Gasteiger partial charge on any atom is -0.451 e. The predicted molar refractivity (Wildman–Crippen MR) is 94.3 cm³/mol. The number of halogens is 2. The number of carbonyl (C=O) groups is 1. The Morgan fingerprint density at radius 1 is 1.28 bits per heavy atom. The molecule has 4 rings (SSSR count). The molecule has 1 aliphatic carbocycles. The number of Topliss-reactive ketones (excluding diaryl/α,β-unsaturated/α-hetero) is 1. The fraction of sp³-hybridized carbons (Fsp3) is 0.389. The molecule has 25 heavy (non-hydrogen) atoms. The van der Waals surface area contributed by atoms with Gasteiger partial charge in [-0.25, -0.2) is 14.4 Å². The molecule has 0 bridgehead atoms. The van der Waals surface area contributed by atoms with E-state index in [9.17, 15) is 9.18 Å².